The third-order valence-electron chi connectivity index (χ3n) is 2.18. The van der Waals surface area contributed by atoms with E-state index in [9.17, 15) is 13.6 Å². The van der Waals surface area contributed by atoms with E-state index in [-0.39, 0.29) is 17.3 Å². The van der Waals surface area contributed by atoms with E-state index in [0.717, 1.165) is 12.1 Å². The Morgan fingerprint density at radius 3 is 2.67 bits per heavy atom. The molecule has 1 amide bonds. The fourth-order valence-electron chi connectivity index (χ4n) is 1.33. The molecule has 0 bridgehead atoms. The quantitative estimate of drug-likeness (QED) is 0.803. The first kappa shape index (κ1) is 12.0. The number of rotatable bonds is 2. The molecule has 0 aliphatic carbocycles. The summed E-state index contributed by atoms with van der Waals surface area (Å²) in [6, 6.07) is 1.42. The number of nitrogens with two attached hydrogens (primary N) is 1. The Morgan fingerprint density at radius 1 is 1.39 bits per heavy atom. The second-order valence-corrected chi connectivity index (χ2v) is 3.60. The van der Waals surface area contributed by atoms with Crippen molar-refractivity contribution in [3.8, 4) is 0 Å². The van der Waals surface area contributed by atoms with Gasteiger partial charge in [-0.1, -0.05) is 0 Å². The van der Waals surface area contributed by atoms with Gasteiger partial charge in [0.1, 0.15) is 6.26 Å². The van der Waals surface area contributed by atoms with Crippen molar-refractivity contribution in [2.75, 3.05) is 11.1 Å². The van der Waals surface area contributed by atoms with E-state index in [1.165, 1.54) is 6.26 Å². The standard InChI is InChI=1S/C11H9F2N3O2/c1-5-4-18-11(15-5)16-10(17)6-2-7(12)8(13)3-9(6)14/h2-4H,14H2,1H3,(H,15,16,17). The van der Waals surface area contributed by atoms with Gasteiger partial charge in [0, 0.05) is 11.8 Å². The molecule has 18 heavy (non-hydrogen) atoms. The lowest BCUT2D eigenvalue weighted by atomic mass is 10.1. The Bertz CT molecular complexity index is 610. The Kier molecular flexibility index (Phi) is 2.97. The van der Waals surface area contributed by atoms with Crippen molar-refractivity contribution in [1.82, 2.24) is 4.98 Å². The number of nitrogen functional groups attached to an aromatic ring is 1. The maximum absolute atomic E-state index is 13.0. The number of benzene rings is 1. The number of carbonyl (C=O) groups is 1. The first-order chi connectivity index (χ1) is 8.47. The van der Waals surface area contributed by atoms with Crippen LogP contribution in [0.2, 0.25) is 0 Å². The molecule has 5 nitrogen and oxygen atoms in total. The SMILES string of the molecule is Cc1coc(NC(=O)c2cc(F)c(F)cc2N)n1. The van der Waals surface area contributed by atoms with Crippen molar-refractivity contribution < 1.29 is 18.0 Å². The molecule has 1 aromatic heterocycles. The average molecular weight is 253 g/mol. The number of oxazole rings is 1. The van der Waals surface area contributed by atoms with Crippen molar-refractivity contribution >= 4 is 17.6 Å². The molecule has 7 heteroatoms. The van der Waals surface area contributed by atoms with Crippen LogP contribution in [-0.2, 0) is 0 Å². The van der Waals surface area contributed by atoms with Crippen LogP contribution in [0.15, 0.2) is 22.8 Å². The molecule has 0 unspecified atom stereocenters. The van der Waals surface area contributed by atoms with Crippen molar-refractivity contribution in [3.63, 3.8) is 0 Å². The van der Waals surface area contributed by atoms with E-state index in [2.05, 4.69) is 10.3 Å². The van der Waals surface area contributed by atoms with Crippen LogP contribution in [0.25, 0.3) is 0 Å². The number of anilines is 2. The highest BCUT2D eigenvalue weighted by Gasteiger charge is 2.16. The molecule has 0 spiro atoms. The lowest BCUT2D eigenvalue weighted by molar-refractivity contribution is 0.102. The number of amides is 1. The molecule has 2 rings (SSSR count). The van der Waals surface area contributed by atoms with Crippen molar-refractivity contribution in [2.24, 2.45) is 0 Å². The van der Waals surface area contributed by atoms with Crippen LogP contribution in [0.5, 0.6) is 0 Å². The summed E-state index contributed by atoms with van der Waals surface area (Å²) in [6.07, 6.45) is 1.34. The molecule has 1 aromatic carbocycles. The van der Waals surface area contributed by atoms with Gasteiger partial charge in [-0.05, 0) is 13.0 Å². The van der Waals surface area contributed by atoms with Crippen LogP contribution < -0.4 is 11.1 Å². The molecule has 0 radical (unpaired) electrons. The van der Waals surface area contributed by atoms with Gasteiger partial charge in [-0.2, -0.15) is 4.98 Å². The zero-order chi connectivity index (χ0) is 13.3. The first-order valence-electron chi connectivity index (χ1n) is 4.95. The highest BCUT2D eigenvalue weighted by Crippen LogP contribution is 2.18. The minimum atomic E-state index is -1.15. The molecule has 0 aliphatic heterocycles. The smallest absolute Gasteiger partial charge is 0.301 e. The molecule has 0 saturated heterocycles. The lowest BCUT2D eigenvalue weighted by Gasteiger charge is -2.05. The molecule has 0 aliphatic rings. The van der Waals surface area contributed by atoms with Gasteiger partial charge in [0.25, 0.3) is 5.91 Å². The highest BCUT2D eigenvalue weighted by molar-refractivity contribution is 6.06. The third kappa shape index (κ3) is 2.29. The highest BCUT2D eigenvalue weighted by atomic mass is 19.2. The number of aromatic nitrogens is 1. The maximum atomic E-state index is 13.0. The molecule has 0 fully saturated rings. The largest absolute Gasteiger partial charge is 0.432 e. The zero-order valence-corrected chi connectivity index (χ0v) is 9.33. The van der Waals surface area contributed by atoms with E-state index < -0.39 is 17.5 Å². The predicted molar refractivity (Wildman–Crippen MR) is 60.0 cm³/mol. The summed E-state index contributed by atoms with van der Waals surface area (Å²) in [5.41, 5.74) is 5.64. The summed E-state index contributed by atoms with van der Waals surface area (Å²) in [7, 11) is 0. The van der Waals surface area contributed by atoms with Crippen LogP contribution in [0.1, 0.15) is 16.1 Å². The van der Waals surface area contributed by atoms with Crippen molar-refractivity contribution in [3.05, 3.63) is 41.3 Å². The predicted octanol–water partition coefficient (Wildman–Crippen LogP) is 2.10. The van der Waals surface area contributed by atoms with Gasteiger partial charge in [-0.3, -0.25) is 10.1 Å². The minimum Gasteiger partial charge on any atom is -0.432 e. The fraction of sp³-hybridized carbons (Fsp3) is 0.0909. The number of nitrogens with one attached hydrogen (secondary N) is 1. The molecular formula is C11H9F2N3O2. The number of hydrogen-bond donors (Lipinski definition) is 2. The third-order valence-corrected chi connectivity index (χ3v) is 2.18. The molecule has 94 valence electrons. The van der Waals surface area contributed by atoms with Crippen LogP contribution in [-0.4, -0.2) is 10.9 Å². The maximum Gasteiger partial charge on any atom is 0.301 e. The van der Waals surface area contributed by atoms with Gasteiger partial charge in [-0.15, -0.1) is 0 Å². The molecule has 3 N–H and O–H groups in total. The van der Waals surface area contributed by atoms with Crippen molar-refractivity contribution in [2.45, 2.75) is 6.92 Å². The van der Waals surface area contributed by atoms with Gasteiger partial charge in [0.2, 0.25) is 0 Å². The number of halogens is 2. The van der Waals surface area contributed by atoms with Crippen LogP contribution in [0, 0.1) is 18.6 Å². The molecule has 0 atom stereocenters. The number of nitrogens with zero attached hydrogens (tertiary/aromatic N) is 1. The van der Waals surface area contributed by atoms with Gasteiger partial charge in [0.05, 0.1) is 11.3 Å². The normalized spacial score (nSPS) is 10.4. The fourth-order valence-corrected chi connectivity index (χ4v) is 1.33. The second kappa shape index (κ2) is 4.44. The molecule has 1 heterocycles. The molecule has 0 saturated carbocycles. The monoisotopic (exact) mass is 253 g/mol. The average Bonchev–Trinajstić information content (AvgIpc) is 2.69. The number of hydrogen-bond acceptors (Lipinski definition) is 4. The van der Waals surface area contributed by atoms with Crippen LogP contribution >= 0.6 is 0 Å². The Balaban J connectivity index is 2.26. The Labute approximate surface area is 101 Å². The van der Waals surface area contributed by atoms with Crippen molar-refractivity contribution in [1.29, 1.82) is 0 Å². The van der Waals surface area contributed by atoms with Gasteiger partial charge >= 0.3 is 6.01 Å². The summed E-state index contributed by atoms with van der Waals surface area (Å²) in [6.45, 7) is 1.67. The van der Waals surface area contributed by atoms with Crippen LogP contribution in [0.4, 0.5) is 20.5 Å². The summed E-state index contributed by atoms with van der Waals surface area (Å²) in [5, 5.41) is 2.28. The van der Waals surface area contributed by atoms with E-state index in [4.69, 9.17) is 10.2 Å². The summed E-state index contributed by atoms with van der Waals surface area (Å²) in [5.74, 6) is -3.00. The molecular weight excluding hydrogens is 244 g/mol. The number of aryl methyl sites for hydroxylation is 1. The van der Waals surface area contributed by atoms with Crippen LogP contribution in [0.3, 0.4) is 0 Å². The lowest BCUT2D eigenvalue weighted by Crippen LogP contribution is -2.15. The molecule has 2 aromatic rings. The topological polar surface area (TPSA) is 81.2 Å². The van der Waals surface area contributed by atoms with E-state index >= 15 is 0 Å². The van der Waals surface area contributed by atoms with Gasteiger partial charge in [-0.25, -0.2) is 8.78 Å². The summed E-state index contributed by atoms with van der Waals surface area (Å²) >= 11 is 0. The first-order valence-corrected chi connectivity index (χ1v) is 4.95. The van der Waals surface area contributed by atoms with E-state index in [0.29, 0.717) is 5.69 Å². The van der Waals surface area contributed by atoms with Gasteiger partial charge < -0.3 is 10.2 Å². The minimum absolute atomic E-state index is 0.0402. The Hall–Kier alpha value is -2.44. The Morgan fingerprint density at radius 2 is 2.06 bits per heavy atom. The second-order valence-electron chi connectivity index (χ2n) is 3.60. The summed E-state index contributed by atoms with van der Waals surface area (Å²) in [4.78, 5) is 15.6. The number of carbonyl (C=O) groups excluding carboxylic acids is 1. The van der Waals surface area contributed by atoms with E-state index in [1.807, 2.05) is 0 Å². The van der Waals surface area contributed by atoms with Gasteiger partial charge in [0.15, 0.2) is 11.6 Å². The summed E-state index contributed by atoms with van der Waals surface area (Å²) < 4.78 is 30.7. The van der Waals surface area contributed by atoms with E-state index in [1.54, 1.807) is 6.92 Å². The zero-order valence-electron chi connectivity index (χ0n) is 9.33.